The number of carboxylic acid groups (broad SMARTS) is 1. The lowest BCUT2D eigenvalue weighted by Gasteiger charge is -2.31. The van der Waals surface area contributed by atoms with E-state index in [2.05, 4.69) is 24.8 Å². The Morgan fingerprint density at radius 1 is 1.14 bits per heavy atom. The molecule has 2 aliphatic rings. The van der Waals surface area contributed by atoms with Crippen molar-refractivity contribution in [2.45, 2.75) is 44.9 Å². The number of carboxylic acids is 1. The number of benzene rings is 2. The predicted octanol–water partition coefficient (Wildman–Crippen LogP) is 5.79. The molecule has 43 heavy (non-hydrogen) atoms. The van der Waals surface area contributed by atoms with Crippen molar-refractivity contribution in [2.24, 2.45) is 0 Å². The standard InChI is InChI=1S/C28H22F5N5O5/c1-15(16-8-9-21-22(11-16)43-28(32,33)42-21)41-23-12-18(13-34-35-23)38-25-20(24(36-38)27(29,30)31)7-4-10-37(25)14-17-5-2-3-6-19(17)26(39)40/h2-3,5-6,8-9,11-13,15H,4,7,10,14H2,1H3,(H,39,40)/t15-/m1/s1. The average molecular weight is 604 g/mol. The number of hydrogen-bond donors (Lipinski definition) is 1. The fourth-order valence-electron chi connectivity index (χ4n) is 5.16. The SMILES string of the molecule is C[C@@H](Oc1cc(-n2nc(C(F)(F)F)c3c2N(Cc2ccccc2C(=O)O)CCC3)cnn1)c1ccc2c(c1)OC(F)(F)O2. The Balaban J connectivity index is 1.34. The van der Waals surface area contributed by atoms with Crippen molar-refractivity contribution in [3.05, 3.63) is 82.7 Å². The van der Waals surface area contributed by atoms with Crippen molar-refractivity contribution >= 4 is 11.8 Å². The molecule has 15 heteroatoms. The van der Waals surface area contributed by atoms with Crippen LogP contribution >= 0.6 is 0 Å². The Hall–Kier alpha value is -4.95. The Bertz CT molecular complexity index is 1710. The molecule has 0 aliphatic carbocycles. The lowest BCUT2D eigenvalue weighted by Crippen LogP contribution is -2.31. The molecule has 0 spiro atoms. The summed E-state index contributed by atoms with van der Waals surface area (Å²) in [6.45, 7) is 2.00. The lowest BCUT2D eigenvalue weighted by atomic mass is 10.0. The van der Waals surface area contributed by atoms with Gasteiger partial charge in [-0.15, -0.1) is 13.9 Å². The highest BCUT2D eigenvalue weighted by Gasteiger charge is 2.44. The molecule has 0 saturated carbocycles. The van der Waals surface area contributed by atoms with Gasteiger partial charge >= 0.3 is 18.4 Å². The van der Waals surface area contributed by atoms with Gasteiger partial charge in [0.1, 0.15) is 11.9 Å². The zero-order valence-corrected chi connectivity index (χ0v) is 22.3. The van der Waals surface area contributed by atoms with E-state index in [0.29, 0.717) is 24.1 Å². The monoisotopic (exact) mass is 603 g/mol. The number of alkyl halides is 5. The molecule has 0 saturated heterocycles. The summed E-state index contributed by atoms with van der Waals surface area (Å²) in [5.41, 5.74) is -0.0467. The quantitative estimate of drug-likeness (QED) is 0.262. The van der Waals surface area contributed by atoms with E-state index < -0.39 is 30.2 Å². The molecule has 2 aromatic carbocycles. The van der Waals surface area contributed by atoms with Crippen LogP contribution in [-0.4, -0.2) is 43.9 Å². The van der Waals surface area contributed by atoms with Gasteiger partial charge in [0.25, 0.3) is 0 Å². The van der Waals surface area contributed by atoms with Crippen LogP contribution < -0.4 is 19.1 Å². The van der Waals surface area contributed by atoms with Crippen molar-refractivity contribution in [2.75, 3.05) is 11.4 Å². The highest BCUT2D eigenvalue weighted by molar-refractivity contribution is 5.89. The van der Waals surface area contributed by atoms with E-state index in [1.165, 1.54) is 36.5 Å². The van der Waals surface area contributed by atoms with Crippen LogP contribution in [0.3, 0.4) is 0 Å². The van der Waals surface area contributed by atoms with Crippen LogP contribution in [0.2, 0.25) is 0 Å². The molecular formula is C28H22F5N5O5. The second-order valence-corrected chi connectivity index (χ2v) is 9.93. The predicted molar refractivity (Wildman–Crippen MR) is 139 cm³/mol. The van der Waals surface area contributed by atoms with Crippen LogP contribution in [0.15, 0.2) is 54.7 Å². The first-order valence-corrected chi connectivity index (χ1v) is 13.0. The zero-order chi connectivity index (χ0) is 30.5. The Labute approximate surface area is 240 Å². The lowest BCUT2D eigenvalue weighted by molar-refractivity contribution is -0.286. The number of carbonyl (C=O) groups is 1. The van der Waals surface area contributed by atoms with Gasteiger partial charge in [-0.3, -0.25) is 0 Å². The maximum atomic E-state index is 14.1. The maximum absolute atomic E-state index is 14.1. The second kappa shape index (κ2) is 10.4. The molecule has 4 aromatic rings. The molecule has 2 aromatic heterocycles. The van der Waals surface area contributed by atoms with Gasteiger partial charge in [-0.2, -0.15) is 23.4 Å². The number of halogens is 5. The number of fused-ring (bicyclic) bond motifs is 2. The minimum atomic E-state index is -4.75. The van der Waals surface area contributed by atoms with Gasteiger partial charge in [0, 0.05) is 24.7 Å². The summed E-state index contributed by atoms with van der Waals surface area (Å²) in [6, 6.07) is 11.8. The molecule has 1 atom stereocenters. The van der Waals surface area contributed by atoms with Crippen LogP contribution in [0.5, 0.6) is 17.4 Å². The van der Waals surface area contributed by atoms with E-state index >= 15 is 0 Å². The van der Waals surface area contributed by atoms with Gasteiger partial charge < -0.3 is 24.2 Å². The first kappa shape index (κ1) is 28.2. The number of nitrogens with zero attached hydrogens (tertiary/aromatic N) is 5. The third kappa shape index (κ3) is 5.49. The van der Waals surface area contributed by atoms with Crippen molar-refractivity contribution in [3.63, 3.8) is 0 Å². The average Bonchev–Trinajstić information content (AvgIpc) is 3.50. The molecule has 0 fully saturated rings. The fraction of sp³-hybridized carbons (Fsp3) is 0.286. The van der Waals surface area contributed by atoms with E-state index in [-0.39, 0.29) is 53.0 Å². The first-order valence-electron chi connectivity index (χ1n) is 13.0. The third-order valence-electron chi connectivity index (χ3n) is 7.04. The van der Waals surface area contributed by atoms with Gasteiger partial charge in [0.2, 0.25) is 5.88 Å². The summed E-state index contributed by atoms with van der Waals surface area (Å²) in [7, 11) is 0. The van der Waals surface area contributed by atoms with E-state index in [0.717, 1.165) is 4.68 Å². The van der Waals surface area contributed by atoms with E-state index in [4.69, 9.17) is 4.74 Å². The smallest absolute Gasteiger partial charge is 0.478 e. The zero-order valence-electron chi connectivity index (χ0n) is 22.3. The van der Waals surface area contributed by atoms with Gasteiger partial charge in [-0.25, -0.2) is 9.48 Å². The number of hydrogen-bond acceptors (Lipinski definition) is 8. The maximum Gasteiger partial charge on any atom is 0.586 e. The molecule has 0 unspecified atom stereocenters. The second-order valence-electron chi connectivity index (χ2n) is 9.93. The van der Waals surface area contributed by atoms with Crippen molar-refractivity contribution in [1.29, 1.82) is 0 Å². The van der Waals surface area contributed by atoms with E-state index in [1.807, 2.05) is 0 Å². The van der Waals surface area contributed by atoms with Gasteiger partial charge in [0.15, 0.2) is 17.2 Å². The number of aromatic nitrogens is 4. The Morgan fingerprint density at radius 3 is 2.67 bits per heavy atom. The Morgan fingerprint density at radius 2 is 1.91 bits per heavy atom. The number of anilines is 1. The van der Waals surface area contributed by atoms with E-state index in [1.54, 1.807) is 30.0 Å². The highest BCUT2D eigenvalue weighted by atomic mass is 19.4. The summed E-state index contributed by atoms with van der Waals surface area (Å²) in [5, 5.41) is 21.4. The summed E-state index contributed by atoms with van der Waals surface area (Å²) in [5.74, 6) is -1.37. The largest absolute Gasteiger partial charge is 0.586 e. The van der Waals surface area contributed by atoms with Gasteiger partial charge in [0.05, 0.1) is 17.4 Å². The molecule has 0 amide bonds. The summed E-state index contributed by atoms with van der Waals surface area (Å²) in [4.78, 5) is 13.4. The van der Waals surface area contributed by atoms with Crippen molar-refractivity contribution in [3.8, 4) is 23.1 Å². The van der Waals surface area contributed by atoms with Crippen LogP contribution in [0.4, 0.5) is 27.8 Å². The molecule has 0 bridgehead atoms. The topological polar surface area (TPSA) is 112 Å². The number of rotatable bonds is 7. The van der Waals surface area contributed by atoms with Crippen molar-refractivity contribution in [1.82, 2.24) is 20.0 Å². The number of ether oxygens (including phenoxy) is 3. The molecule has 224 valence electrons. The molecular weight excluding hydrogens is 581 g/mol. The first-order chi connectivity index (χ1) is 20.4. The summed E-state index contributed by atoms with van der Waals surface area (Å²) in [6.07, 6.45) is -7.55. The Kier molecular flexibility index (Phi) is 6.81. The van der Waals surface area contributed by atoms with Crippen LogP contribution in [0.1, 0.15) is 52.2 Å². The minimum Gasteiger partial charge on any atom is -0.478 e. The van der Waals surface area contributed by atoms with Crippen LogP contribution in [0, 0.1) is 0 Å². The molecule has 1 N–H and O–H groups in total. The molecule has 10 nitrogen and oxygen atoms in total. The fourth-order valence-corrected chi connectivity index (χ4v) is 5.16. The van der Waals surface area contributed by atoms with Gasteiger partial charge in [-0.05, 0) is 49.1 Å². The summed E-state index contributed by atoms with van der Waals surface area (Å²) < 4.78 is 85.1. The molecule has 2 aliphatic heterocycles. The molecule has 0 radical (unpaired) electrons. The molecule has 6 rings (SSSR count). The normalized spacial score (nSPS) is 16.1. The van der Waals surface area contributed by atoms with Crippen LogP contribution in [-0.2, 0) is 19.1 Å². The van der Waals surface area contributed by atoms with E-state index in [9.17, 15) is 31.9 Å². The van der Waals surface area contributed by atoms with Crippen molar-refractivity contribution < 1.29 is 46.1 Å². The molecule has 4 heterocycles. The van der Waals surface area contributed by atoms with Gasteiger partial charge in [-0.1, -0.05) is 24.3 Å². The summed E-state index contributed by atoms with van der Waals surface area (Å²) >= 11 is 0. The third-order valence-corrected chi connectivity index (χ3v) is 7.04. The van der Waals surface area contributed by atoms with Crippen LogP contribution in [0.25, 0.3) is 5.69 Å². The highest BCUT2D eigenvalue weighted by Crippen LogP contribution is 2.43. The number of aromatic carboxylic acids is 1. The minimum absolute atomic E-state index is 0.0173.